The molecule has 0 aliphatic carbocycles. The smallest absolute Gasteiger partial charge is 0.342 e. The average Bonchev–Trinajstić information content (AvgIpc) is 2.66. The number of ether oxygens (including phenoxy) is 2. The highest BCUT2D eigenvalue weighted by molar-refractivity contribution is 5.95. The first-order valence-corrected chi connectivity index (χ1v) is 8.29. The number of rotatable bonds is 8. The van der Waals surface area contributed by atoms with Gasteiger partial charge in [-0.3, -0.25) is 9.59 Å². The Labute approximate surface area is 156 Å². The fourth-order valence-corrected chi connectivity index (χ4v) is 2.44. The van der Waals surface area contributed by atoms with Crippen LogP contribution in [0.3, 0.4) is 0 Å². The molecule has 0 fully saturated rings. The fraction of sp³-hybridized carbons (Fsp3) is 0.250. The molecule has 0 radical (unpaired) electrons. The number of para-hydroxylation sites is 1. The minimum atomic E-state index is -0.871. The summed E-state index contributed by atoms with van der Waals surface area (Å²) in [4.78, 5) is 35.9. The lowest BCUT2D eigenvalue weighted by Gasteiger charge is -2.16. The van der Waals surface area contributed by atoms with Crippen LogP contribution in [0.1, 0.15) is 22.8 Å². The standard InChI is InChI=1S/C20H21NO6/c1-13(22)16(11-14-7-4-3-5-8-14)21-18(23)12-27-20(25)15-9-6-10-17(26-2)19(15)24/h3-10,16,24H,11-12H2,1-2H3,(H,21,23). The van der Waals surface area contributed by atoms with Gasteiger partial charge in [0.1, 0.15) is 5.56 Å². The van der Waals surface area contributed by atoms with E-state index in [0.717, 1.165) is 5.56 Å². The van der Waals surface area contributed by atoms with Crippen molar-refractivity contribution in [1.29, 1.82) is 0 Å². The third-order valence-corrected chi connectivity index (χ3v) is 3.88. The van der Waals surface area contributed by atoms with Gasteiger partial charge in [-0.2, -0.15) is 0 Å². The van der Waals surface area contributed by atoms with Gasteiger partial charge < -0.3 is 19.9 Å². The van der Waals surface area contributed by atoms with Crippen molar-refractivity contribution in [2.24, 2.45) is 0 Å². The lowest BCUT2D eigenvalue weighted by Crippen LogP contribution is -2.43. The van der Waals surface area contributed by atoms with Gasteiger partial charge in [0.2, 0.25) is 0 Å². The first-order chi connectivity index (χ1) is 12.9. The van der Waals surface area contributed by atoms with E-state index in [1.54, 1.807) is 0 Å². The van der Waals surface area contributed by atoms with Gasteiger partial charge in [-0.05, 0) is 31.0 Å². The number of esters is 1. The van der Waals surface area contributed by atoms with Crippen LogP contribution in [0.15, 0.2) is 48.5 Å². The molecule has 2 aromatic carbocycles. The molecular formula is C20H21NO6. The number of Topliss-reactive ketones (excluding diaryl/α,β-unsaturated/α-hetero) is 1. The van der Waals surface area contributed by atoms with Crippen LogP contribution < -0.4 is 10.1 Å². The number of carbonyl (C=O) groups excluding carboxylic acids is 3. The zero-order valence-electron chi connectivity index (χ0n) is 15.1. The van der Waals surface area contributed by atoms with E-state index in [1.807, 2.05) is 30.3 Å². The summed E-state index contributed by atoms with van der Waals surface area (Å²) in [5.74, 6) is -1.93. The minimum Gasteiger partial charge on any atom is -0.504 e. The van der Waals surface area contributed by atoms with E-state index in [1.165, 1.54) is 32.2 Å². The molecule has 0 spiro atoms. The third-order valence-electron chi connectivity index (χ3n) is 3.88. The highest BCUT2D eigenvalue weighted by Crippen LogP contribution is 2.29. The molecule has 0 heterocycles. The Balaban J connectivity index is 1.94. The molecular weight excluding hydrogens is 350 g/mol. The van der Waals surface area contributed by atoms with Crippen LogP contribution in [0.25, 0.3) is 0 Å². The van der Waals surface area contributed by atoms with Crippen LogP contribution in [-0.2, 0) is 20.7 Å². The van der Waals surface area contributed by atoms with Crippen molar-refractivity contribution in [3.63, 3.8) is 0 Å². The van der Waals surface area contributed by atoms with Crippen LogP contribution >= 0.6 is 0 Å². The van der Waals surface area contributed by atoms with Gasteiger partial charge in [-0.15, -0.1) is 0 Å². The molecule has 2 aromatic rings. The topological polar surface area (TPSA) is 102 Å². The molecule has 1 atom stereocenters. The molecule has 2 rings (SSSR count). The molecule has 7 heteroatoms. The summed E-state index contributed by atoms with van der Waals surface area (Å²) in [5.41, 5.74) is 0.783. The first kappa shape index (κ1) is 20.0. The molecule has 0 bridgehead atoms. The monoisotopic (exact) mass is 371 g/mol. The molecule has 2 N–H and O–H groups in total. The fourth-order valence-electron chi connectivity index (χ4n) is 2.44. The molecule has 1 unspecified atom stereocenters. The summed E-state index contributed by atoms with van der Waals surface area (Å²) in [6.45, 7) is 0.808. The number of ketones is 1. The summed E-state index contributed by atoms with van der Waals surface area (Å²) in [6, 6.07) is 12.9. The normalized spacial score (nSPS) is 11.3. The maximum absolute atomic E-state index is 12.1. The quantitative estimate of drug-likeness (QED) is 0.687. The second kappa shape index (κ2) is 9.38. The van der Waals surface area contributed by atoms with Crippen molar-refractivity contribution < 1.29 is 29.0 Å². The molecule has 7 nitrogen and oxygen atoms in total. The van der Waals surface area contributed by atoms with Crippen LogP contribution in [0.5, 0.6) is 11.5 Å². The van der Waals surface area contributed by atoms with E-state index < -0.39 is 24.5 Å². The summed E-state index contributed by atoms with van der Waals surface area (Å²) in [6.07, 6.45) is 0.340. The van der Waals surface area contributed by atoms with E-state index >= 15 is 0 Å². The summed E-state index contributed by atoms with van der Waals surface area (Å²) in [5, 5.41) is 12.5. The molecule has 0 saturated carbocycles. The Morgan fingerprint density at radius 2 is 1.78 bits per heavy atom. The molecule has 27 heavy (non-hydrogen) atoms. The van der Waals surface area contributed by atoms with Crippen molar-refractivity contribution in [3.8, 4) is 11.5 Å². The van der Waals surface area contributed by atoms with Gasteiger partial charge >= 0.3 is 5.97 Å². The van der Waals surface area contributed by atoms with Gasteiger partial charge in [0.05, 0.1) is 13.2 Å². The second-order valence-electron chi connectivity index (χ2n) is 5.85. The van der Waals surface area contributed by atoms with Crippen LogP contribution in [-0.4, -0.2) is 42.5 Å². The number of aromatic hydroxyl groups is 1. The highest BCUT2D eigenvalue weighted by Gasteiger charge is 2.20. The maximum atomic E-state index is 12.1. The lowest BCUT2D eigenvalue weighted by molar-refractivity contribution is -0.128. The van der Waals surface area contributed by atoms with E-state index in [4.69, 9.17) is 9.47 Å². The van der Waals surface area contributed by atoms with E-state index in [2.05, 4.69) is 5.32 Å². The van der Waals surface area contributed by atoms with Crippen LogP contribution in [0, 0.1) is 0 Å². The Bertz CT molecular complexity index is 818. The summed E-state index contributed by atoms with van der Waals surface area (Å²) < 4.78 is 9.85. The Morgan fingerprint density at radius 3 is 2.41 bits per heavy atom. The van der Waals surface area contributed by atoms with Crippen LogP contribution in [0.2, 0.25) is 0 Å². The van der Waals surface area contributed by atoms with Crippen molar-refractivity contribution in [2.45, 2.75) is 19.4 Å². The Morgan fingerprint density at radius 1 is 1.07 bits per heavy atom. The van der Waals surface area contributed by atoms with Gasteiger partial charge in [0.15, 0.2) is 23.9 Å². The molecule has 1 amide bonds. The Hall–Kier alpha value is -3.35. The Kier molecular flexibility index (Phi) is 6.93. The lowest BCUT2D eigenvalue weighted by atomic mass is 10.0. The number of methoxy groups -OCH3 is 1. The number of phenolic OH excluding ortho intramolecular Hbond substituents is 1. The van der Waals surface area contributed by atoms with Crippen molar-refractivity contribution in [1.82, 2.24) is 5.32 Å². The predicted molar refractivity (Wildman–Crippen MR) is 97.7 cm³/mol. The van der Waals surface area contributed by atoms with Gasteiger partial charge in [-0.25, -0.2) is 4.79 Å². The zero-order chi connectivity index (χ0) is 19.8. The molecule has 142 valence electrons. The highest BCUT2D eigenvalue weighted by atomic mass is 16.5. The molecule has 0 aromatic heterocycles. The molecule has 0 saturated heterocycles. The van der Waals surface area contributed by atoms with Crippen molar-refractivity contribution in [2.75, 3.05) is 13.7 Å². The van der Waals surface area contributed by atoms with E-state index in [0.29, 0.717) is 6.42 Å². The SMILES string of the molecule is COc1cccc(C(=O)OCC(=O)NC(Cc2ccccc2)C(C)=O)c1O. The van der Waals surface area contributed by atoms with Crippen LogP contribution in [0.4, 0.5) is 0 Å². The number of hydrogen-bond donors (Lipinski definition) is 2. The van der Waals surface area contributed by atoms with E-state index in [-0.39, 0.29) is 22.8 Å². The zero-order valence-corrected chi connectivity index (χ0v) is 15.1. The summed E-state index contributed by atoms with van der Waals surface area (Å²) in [7, 11) is 1.35. The van der Waals surface area contributed by atoms with Gasteiger partial charge in [0, 0.05) is 0 Å². The summed E-state index contributed by atoms with van der Waals surface area (Å²) >= 11 is 0. The average molecular weight is 371 g/mol. The van der Waals surface area contributed by atoms with E-state index in [9.17, 15) is 19.5 Å². The predicted octanol–water partition coefficient (Wildman–Crippen LogP) is 1.87. The maximum Gasteiger partial charge on any atom is 0.342 e. The van der Waals surface area contributed by atoms with Gasteiger partial charge in [0.25, 0.3) is 5.91 Å². The number of benzene rings is 2. The number of nitrogens with one attached hydrogen (secondary N) is 1. The second-order valence-corrected chi connectivity index (χ2v) is 5.85. The first-order valence-electron chi connectivity index (χ1n) is 8.29. The minimum absolute atomic E-state index is 0.116. The van der Waals surface area contributed by atoms with Gasteiger partial charge in [-0.1, -0.05) is 36.4 Å². The number of carbonyl (C=O) groups is 3. The van der Waals surface area contributed by atoms with Crippen molar-refractivity contribution in [3.05, 3.63) is 59.7 Å². The third kappa shape index (κ3) is 5.57. The number of phenols is 1. The number of amides is 1. The molecule has 0 aliphatic rings. The number of hydrogen-bond acceptors (Lipinski definition) is 6. The van der Waals surface area contributed by atoms with Crippen molar-refractivity contribution >= 4 is 17.7 Å². The molecule has 0 aliphatic heterocycles. The largest absolute Gasteiger partial charge is 0.504 e.